The SMILES string of the molecule is S=C(NCC1CCCO1)N/N=C/c1cc2ccccc2[nH]1. The molecule has 0 radical (unpaired) electrons. The second kappa shape index (κ2) is 6.69. The second-order valence-electron chi connectivity index (χ2n) is 5.03. The molecule has 3 N–H and O–H groups in total. The molecule has 3 rings (SSSR count). The van der Waals surface area contributed by atoms with E-state index in [1.54, 1.807) is 6.21 Å². The molecule has 0 saturated carbocycles. The molecule has 0 spiro atoms. The minimum atomic E-state index is 0.266. The van der Waals surface area contributed by atoms with Crippen molar-refractivity contribution in [2.45, 2.75) is 18.9 Å². The number of hydrogen-bond donors (Lipinski definition) is 3. The Morgan fingerprint density at radius 3 is 3.19 bits per heavy atom. The van der Waals surface area contributed by atoms with Gasteiger partial charge in [-0.1, -0.05) is 18.2 Å². The minimum absolute atomic E-state index is 0.266. The molecule has 1 aliphatic rings. The van der Waals surface area contributed by atoms with E-state index in [1.807, 2.05) is 24.3 Å². The van der Waals surface area contributed by atoms with E-state index in [2.05, 4.69) is 26.9 Å². The van der Waals surface area contributed by atoms with E-state index in [1.165, 1.54) is 0 Å². The van der Waals surface area contributed by atoms with Crippen LogP contribution in [0.4, 0.5) is 0 Å². The molecular weight excluding hydrogens is 284 g/mol. The van der Waals surface area contributed by atoms with E-state index in [0.29, 0.717) is 5.11 Å². The molecule has 0 bridgehead atoms. The van der Waals surface area contributed by atoms with Crippen molar-refractivity contribution in [1.29, 1.82) is 0 Å². The van der Waals surface area contributed by atoms with E-state index in [-0.39, 0.29) is 6.10 Å². The number of hydrogen-bond acceptors (Lipinski definition) is 3. The molecule has 2 heterocycles. The monoisotopic (exact) mass is 302 g/mol. The molecule has 1 unspecified atom stereocenters. The molecule has 2 aromatic rings. The van der Waals surface area contributed by atoms with Crippen molar-refractivity contribution in [1.82, 2.24) is 15.7 Å². The molecule has 21 heavy (non-hydrogen) atoms. The highest BCUT2D eigenvalue weighted by molar-refractivity contribution is 7.80. The fourth-order valence-corrected chi connectivity index (χ4v) is 2.51. The van der Waals surface area contributed by atoms with E-state index < -0.39 is 0 Å². The van der Waals surface area contributed by atoms with Crippen LogP contribution < -0.4 is 10.7 Å². The highest BCUT2D eigenvalue weighted by Crippen LogP contribution is 2.13. The summed E-state index contributed by atoms with van der Waals surface area (Å²) in [4.78, 5) is 3.27. The maximum atomic E-state index is 5.52. The fourth-order valence-electron chi connectivity index (χ4n) is 2.38. The Labute approximate surface area is 128 Å². The molecule has 1 atom stereocenters. The van der Waals surface area contributed by atoms with Gasteiger partial charge in [-0.15, -0.1) is 0 Å². The summed E-state index contributed by atoms with van der Waals surface area (Å²) in [7, 11) is 0. The number of nitrogens with zero attached hydrogens (tertiary/aromatic N) is 1. The van der Waals surface area contributed by atoms with Gasteiger partial charge in [0, 0.05) is 24.1 Å². The van der Waals surface area contributed by atoms with Gasteiger partial charge in [0.2, 0.25) is 0 Å². The molecule has 5 nitrogen and oxygen atoms in total. The van der Waals surface area contributed by atoms with E-state index in [9.17, 15) is 0 Å². The number of hydrazone groups is 1. The first-order chi connectivity index (χ1) is 10.3. The van der Waals surface area contributed by atoms with Crippen molar-refractivity contribution >= 4 is 34.4 Å². The number of aromatic nitrogens is 1. The number of aromatic amines is 1. The number of benzene rings is 1. The third-order valence-electron chi connectivity index (χ3n) is 3.43. The first-order valence-corrected chi connectivity index (χ1v) is 7.48. The maximum absolute atomic E-state index is 5.52. The number of thiocarbonyl (C=S) groups is 1. The average molecular weight is 302 g/mol. The summed E-state index contributed by atoms with van der Waals surface area (Å²) in [6.45, 7) is 1.58. The smallest absolute Gasteiger partial charge is 0.187 e. The van der Waals surface area contributed by atoms with Gasteiger partial charge in [0.05, 0.1) is 18.0 Å². The summed E-state index contributed by atoms with van der Waals surface area (Å²) in [5.41, 5.74) is 4.84. The standard InChI is InChI=1S/C15H18N4OS/c21-15(16-10-13-5-3-7-20-13)19-17-9-12-8-11-4-1-2-6-14(11)18-12/h1-2,4,6,8-9,13,18H,3,5,7,10H2,(H2,16,19,21)/b17-9+. The highest BCUT2D eigenvalue weighted by Gasteiger charge is 2.14. The van der Waals surface area contributed by atoms with E-state index in [0.717, 1.165) is 42.6 Å². The van der Waals surface area contributed by atoms with Crippen LogP contribution in [0.25, 0.3) is 10.9 Å². The summed E-state index contributed by atoms with van der Waals surface area (Å²) < 4.78 is 5.52. The number of para-hydroxylation sites is 1. The number of nitrogens with one attached hydrogen (secondary N) is 3. The average Bonchev–Trinajstić information content (AvgIpc) is 3.14. The van der Waals surface area contributed by atoms with Gasteiger partial charge in [0.15, 0.2) is 5.11 Å². The largest absolute Gasteiger partial charge is 0.376 e. The first-order valence-electron chi connectivity index (χ1n) is 7.07. The lowest BCUT2D eigenvalue weighted by Gasteiger charge is -2.11. The Kier molecular flexibility index (Phi) is 4.47. The molecule has 1 aliphatic heterocycles. The first kappa shape index (κ1) is 14.0. The lowest BCUT2D eigenvalue weighted by Crippen LogP contribution is -2.37. The lowest BCUT2D eigenvalue weighted by atomic mass is 10.2. The molecule has 6 heteroatoms. The van der Waals surface area contributed by atoms with Crippen molar-refractivity contribution in [3.63, 3.8) is 0 Å². The van der Waals surface area contributed by atoms with Crippen LogP contribution in [0.3, 0.4) is 0 Å². The molecule has 1 aromatic carbocycles. The zero-order chi connectivity index (χ0) is 14.5. The quantitative estimate of drug-likeness (QED) is 0.460. The van der Waals surface area contributed by atoms with Crippen molar-refractivity contribution < 1.29 is 4.74 Å². The topological polar surface area (TPSA) is 61.4 Å². The third kappa shape index (κ3) is 3.80. The summed E-state index contributed by atoms with van der Waals surface area (Å²) in [6, 6.07) is 10.2. The Hall–Kier alpha value is -1.92. The Balaban J connectivity index is 1.48. The van der Waals surface area contributed by atoms with Crippen LogP contribution in [-0.4, -0.2) is 35.6 Å². The van der Waals surface area contributed by atoms with Gasteiger partial charge < -0.3 is 15.0 Å². The molecule has 1 saturated heterocycles. The minimum Gasteiger partial charge on any atom is -0.376 e. The van der Waals surface area contributed by atoms with E-state index >= 15 is 0 Å². The third-order valence-corrected chi connectivity index (χ3v) is 3.67. The normalized spacial score (nSPS) is 18.4. The van der Waals surface area contributed by atoms with Gasteiger partial charge >= 0.3 is 0 Å². The van der Waals surface area contributed by atoms with Gasteiger partial charge in [-0.25, -0.2) is 0 Å². The zero-order valence-corrected chi connectivity index (χ0v) is 12.5. The fraction of sp³-hybridized carbons (Fsp3) is 0.333. The molecule has 1 aromatic heterocycles. The highest BCUT2D eigenvalue weighted by atomic mass is 32.1. The second-order valence-corrected chi connectivity index (χ2v) is 5.44. The van der Waals surface area contributed by atoms with Crippen LogP contribution in [0.15, 0.2) is 35.4 Å². The molecule has 0 aliphatic carbocycles. The molecular formula is C15H18N4OS. The molecule has 110 valence electrons. The predicted molar refractivity (Wildman–Crippen MR) is 88.6 cm³/mol. The Bertz CT molecular complexity index is 613. The molecule has 1 fully saturated rings. The van der Waals surface area contributed by atoms with Crippen LogP contribution in [0.2, 0.25) is 0 Å². The number of H-pyrrole nitrogens is 1. The Morgan fingerprint density at radius 2 is 2.38 bits per heavy atom. The summed E-state index contributed by atoms with van der Waals surface area (Å²) in [6.07, 6.45) is 4.21. The van der Waals surface area contributed by atoms with Crippen LogP contribution in [-0.2, 0) is 4.74 Å². The number of rotatable bonds is 4. The van der Waals surface area contributed by atoms with Crippen LogP contribution in [0, 0.1) is 0 Å². The van der Waals surface area contributed by atoms with Gasteiger partial charge in [0.25, 0.3) is 0 Å². The number of ether oxygens (including phenoxy) is 1. The van der Waals surface area contributed by atoms with Crippen LogP contribution in [0.1, 0.15) is 18.5 Å². The van der Waals surface area contributed by atoms with E-state index in [4.69, 9.17) is 17.0 Å². The predicted octanol–water partition coefficient (Wildman–Crippen LogP) is 2.14. The van der Waals surface area contributed by atoms with Gasteiger partial charge in [0.1, 0.15) is 0 Å². The van der Waals surface area contributed by atoms with Crippen LogP contribution >= 0.6 is 12.2 Å². The summed E-state index contributed by atoms with van der Waals surface area (Å²) >= 11 is 5.17. The Morgan fingerprint density at radius 1 is 1.48 bits per heavy atom. The molecule has 0 amide bonds. The lowest BCUT2D eigenvalue weighted by molar-refractivity contribution is 0.114. The summed E-state index contributed by atoms with van der Waals surface area (Å²) in [5, 5.41) is 8.92. The number of fused-ring (bicyclic) bond motifs is 1. The van der Waals surface area contributed by atoms with Gasteiger partial charge in [-0.3, -0.25) is 5.43 Å². The van der Waals surface area contributed by atoms with Crippen molar-refractivity contribution in [3.05, 3.63) is 36.0 Å². The van der Waals surface area contributed by atoms with Gasteiger partial charge in [-0.05, 0) is 37.2 Å². The van der Waals surface area contributed by atoms with Gasteiger partial charge in [-0.2, -0.15) is 5.10 Å². The maximum Gasteiger partial charge on any atom is 0.187 e. The van der Waals surface area contributed by atoms with Crippen molar-refractivity contribution in [2.75, 3.05) is 13.2 Å². The zero-order valence-electron chi connectivity index (χ0n) is 11.6. The van der Waals surface area contributed by atoms with Crippen LogP contribution in [0.5, 0.6) is 0 Å². The van der Waals surface area contributed by atoms with Crippen molar-refractivity contribution in [3.8, 4) is 0 Å². The van der Waals surface area contributed by atoms with Crippen molar-refractivity contribution in [2.24, 2.45) is 5.10 Å². The summed E-state index contributed by atoms with van der Waals surface area (Å²) in [5.74, 6) is 0.